The number of nitrogens with two attached hydrogens (primary N) is 1. The van der Waals surface area contributed by atoms with Crippen LogP contribution in [0.15, 0.2) is 48.8 Å². The smallest absolute Gasteiger partial charge is 0.286 e. The summed E-state index contributed by atoms with van der Waals surface area (Å²) in [6, 6.07) is 10.2. The largest absolute Gasteiger partial charge is 0.493 e. The highest BCUT2D eigenvalue weighted by Gasteiger charge is 2.09. The van der Waals surface area contributed by atoms with Gasteiger partial charge in [0.05, 0.1) is 29.8 Å². The minimum atomic E-state index is -0.447. The maximum atomic E-state index is 10.8. The number of carbonyl (C=O) groups excluding carboxylic acids is 1. The van der Waals surface area contributed by atoms with E-state index in [1.165, 1.54) is 12.3 Å². The Hall–Kier alpha value is -3.42. The third-order valence-corrected chi connectivity index (χ3v) is 3.41. The van der Waals surface area contributed by atoms with Crippen LogP contribution in [0, 0.1) is 10.1 Å². The third kappa shape index (κ3) is 3.32. The van der Waals surface area contributed by atoms with Gasteiger partial charge >= 0.3 is 0 Å². The molecule has 1 aromatic carbocycles. The third-order valence-electron chi connectivity index (χ3n) is 3.41. The fourth-order valence-corrected chi connectivity index (χ4v) is 2.22. The van der Waals surface area contributed by atoms with Crippen LogP contribution in [0.5, 0.6) is 5.75 Å². The molecule has 122 valence electrons. The molecule has 1 amide bonds. The zero-order chi connectivity index (χ0) is 17.1. The van der Waals surface area contributed by atoms with Crippen molar-refractivity contribution in [1.82, 2.24) is 9.38 Å². The minimum Gasteiger partial charge on any atom is -0.493 e. The Morgan fingerprint density at radius 3 is 2.62 bits per heavy atom. The molecule has 0 saturated carbocycles. The molecule has 0 bridgehead atoms. The quantitative estimate of drug-likeness (QED) is 0.551. The lowest BCUT2D eigenvalue weighted by Crippen LogP contribution is -2.14. The molecule has 0 atom stereocenters. The Morgan fingerprint density at radius 1 is 1.21 bits per heavy atom. The molecule has 2 N–H and O–H groups in total. The van der Waals surface area contributed by atoms with Crippen LogP contribution in [-0.4, -0.2) is 26.8 Å². The van der Waals surface area contributed by atoms with Gasteiger partial charge in [0.2, 0.25) is 5.91 Å². The molecule has 0 aliphatic carbocycles. The predicted molar refractivity (Wildman–Crippen MR) is 86.6 cm³/mol. The molecule has 3 aromatic rings. The van der Waals surface area contributed by atoms with E-state index >= 15 is 0 Å². The van der Waals surface area contributed by atoms with E-state index in [0.29, 0.717) is 17.1 Å². The second-order valence-corrected chi connectivity index (χ2v) is 5.13. The summed E-state index contributed by atoms with van der Waals surface area (Å²) in [7, 11) is 0. The van der Waals surface area contributed by atoms with Crippen molar-refractivity contribution in [2.75, 3.05) is 6.61 Å². The zero-order valence-electron chi connectivity index (χ0n) is 12.6. The van der Waals surface area contributed by atoms with Gasteiger partial charge in [-0.25, -0.2) is 4.98 Å². The Labute approximate surface area is 136 Å². The van der Waals surface area contributed by atoms with Crippen molar-refractivity contribution in [1.29, 1.82) is 0 Å². The van der Waals surface area contributed by atoms with Crippen LogP contribution in [0.3, 0.4) is 0 Å². The van der Waals surface area contributed by atoms with Gasteiger partial charge in [0.25, 0.3) is 5.69 Å². The standard InChI is InChI=1S/C16H14N4O4/c17-15(21)7-8-24-13-4-1-11(2-5-13)14-10-19-9-12(20(22)23)3-6-16(19)18-14/h1-6,9-10H,7-8H2,(H2,17,21). The lowest BCUT2D eigenvalue weighted by atomic mass is 10.2. The van der Waals surface area contributed by atoms with Gasteiger partial charge in [-0.3, -0.25) is 19.3 Å². The summed E-state index contributed by atoms with van der Waals surface area (Å²) in [4.78, 5) is 25.5. The van der Waals surface area contributed by atoms with Crippen molar-refractivity contribution in [3.05, 3.63) is 58.9 Å². The zero-order valence-corrected chi connectivity index (χ0v) is 12.6. The lowest BCUT2D eigenvalue weighted by molar-refractivity contribution is -0.385. The number of carbonyl (C=O) groups is 1. The molecule has 0 fully saturated rings. The highest BCUT2D eigenvalue weighted by Crippen LogP contribution is 2.23. The van der Waals surface area contributed by atoms with Gasteiger partial charge in [0.15, 0.2) is 0 Å². The van der Waals surface area contributed by atoms with Crippen LogP contribution in [0.25, 0.3) is 16.9 Å². The number of hydrogen-bond donors (Lipinski definition) is 1. The van der Waals surface area contributed by atoms with E-state index in [4.69, 9.17) is 10.5 Å². The average molecular weight is 326 g/mol. The molecule has 2 heterocycles. The Bertz CT molecular complexity index is 902. The van der Waals surface area contributed by atoms with E-state index in [-0.39, 0.29) is 18.7 Å². The molecular formula is C16H14N4O4. The van der Waals surface area contributed by atoms with Gasteiger partial charge in [-0.05, 0) is 30.3 Å². The number of ether oxygens (including phenoxy) is 1. The number of rotatable bonds is 6. The second-order valence-electron chi connectivity index (χ2n) is 5.13. The first-order valence-corrected chi connectivity index (χ1v) is 7.17. The normalized spacial score (nSPS) is 10.7. The maximum absolute atomic E-state index is 10.8. The second kappa shape index (κ2) is 6.37. The SMILES string of the molecule is NC(=O)CCOc1ccc(-c2cn3cc([N+](=O)[O-])ccc3n2)cc1. The van der Waals surface area contributed by atoms with Crippen LogP contribution in [0.4, 0.5) is 5.69 Å². The number of primary amides is 1. The number of hydrogen-bond acceptors (Lipinski definition) is 5. The predicted octanol–water partition coefficient (Wildman–Crippen LogP) is 2.16. The number of amides is 1. The number of pyridine rings is 1. The number of nitrogens with zero attached hydrogens (tertiary/aromatic N) is 3. The van der Waals surface area contributed by atoms with E-state index in [1.807, 2.05) is 12.1 Å². The summed E-state index contributed by atoms with van der Waals surface area (Å²) in [5, 5.41) is 10.8. The van der Waals surface area contributed by atoms with Gasteiger partial charge in [-0.1, -0.05) is 0 Å². The van der Waals surface area contributed by atoms with Crippen molar-refractivity contribution in [2.24, 2.45) is 5.73 Å². The van der Waals surface area contributed by atoms with Crippen molar-refractivity contribution < 1.29 is 14.5 Å². The summed E-state index contributed by atoms with van der Waals surface area (Å²) >= 11 is 0. The van der Waals surface area contributed by atoms with E-state index in [9.17, 15) is 14.9 Å². The molecule has 0 spiro atoms. The van der Waals surface area contributed by atoms with Crippen molar-refractivity contribution in [3.63, 3.8) is 0 Å². The van der Waals surface area contributed by atoms with Crippen LogP contribution < -0.4 is 10.5 Å². The van der Waals surface area contributed by atoms with Gasteiger partial charge in [0.1, 0.15) is 11.4 Å². The molecule has 0 aliphatic heterocycles. The van der Waals surface area contributed by atoms with Crippen LogP contribution in [0.1, 0.15) is 6.42 Å². The fraction of sp³-hybridized carbons (Fsp3) is 0.125. The topological polar surface area (TPSA) is 113 Å². The first-order chi connectivity index (χ1) is 11.5. The molecule has 3 rings (SSSR count). The maximum Gasteiger partial charge on any atom is 0.286 e. The number of nitro groups is 1. The lowest BCUT2D eigenvalue weighted by Gasteiger charge is -2.05. The number of aromatic nitrogens is 2. The highest BCUT2D eigenvalue weighted by atomic mass is 16.6. The van der Waals surface area contributed by atoms with E-state index < -0.39 is 10.8 Å². The molecular weight excluding hydrogens is 312 g/mol. The number of fused-ring (bicyclic) bond motifs is 1. The van der Waals surface area contributed by atoms with Crippen LogP contribution in [-0.2, 0) is 4.79 Å². The van der Waals surface area contributed by atoms with Crippen molar-refractivity contribution >= 4 is 17.2 Å². The molecule has 2 aromatic heterocycles. The average Bonchev–Trinajstić information content (AvgIpc) is 2.98. The Morgan fingerprint density at radius 2 is 1.96 bits per heavy atom. The van der Waals surface area contributed by atoms with Crippen LogP contribution >= 0.6 is 0 Å². The summed E-state index contributed by atoms with van der Waals surface area (Å²) in [5.41, 5.74) is 7.22. The first kappa shape index (κ1) is 15.5. The summed E-state index contributed by atoms with van der Waals surface area (Å²) < 4.78 is 7.02. The van der Waals surface area contributed by atoms with E-state index in [0.717, 1.165) is 5.56 Å². The molecule has 24 heavy (non-hydrogen) atoms. The van der Waals surface area contributed by atoms with Gasteiger partial charge < -0.3 is 10.5 Å². The molecule has 0 radical (unpaired) electrons. The fourth-order valence-electron chi connectivity index (χ4n) is 2.22. The van der Waals surface area contributed by atoms with Crippen LogP contribution in [0.2, 0.25) is 0 Å². The highest BCUT2D eigenvalue weighted by molar-refractivity contribution is 5.73. The van der Waals surface area contributed by atoms with Crippen molar-refractivity contribution in [3.8, 4) is 17.0 Å². The Kier molecular flexibility index (Phi) is 4.11. The van der Waals surface area contributed by atoms with Crippen molar-refractivity contribution in [2.45, 2.75) is 6.42 Å². The molecule has 0 saturated heterocycles. The minimum absolute atomic E-state index is 0.00430. The van der Waals surface area contributed by atoms with E-state index in [1.54, 1.807) is 28.8 Å². The molecule has 0 unspecified atom stereocenters. The summed E-state index contributed by atoms with van der Waals surface area (Å²) in [6.45, 7) is 0.229. The summed E-state index contributed by atoms with van der Waals surface area (Å²) in [5.74, 6) is 0.213. The number of imidazole rings is 1. The van der Waals surface area contributed by atoms with Gasteiger partial charge in [-0.2, -0.15) is 0 Å². The van der Waals surface area contributed by atoms with Gasteiger partial charge in [-0.15, -0.1) is 0 Å². The Balaban J connectivity index is 1.79. The summed E-state index contributed by atoms with van der Waals surface area (Å²) in [6.07, 6.45) is 3.31. The molecule has 8 nitrogen and oxygen atoms in total. The number of benzene rings is 1. The molecule has 8 heteroatoms. The van der Waals surface area contributed by atoms with Gasteiger partial charge in [0, 0.05) is 17.8 Å². The molecule has 0 aliphatic rings. The van der Waals surface area contributed by atoms with E-state index in [2.05, 4.69) is 4.98 Å². The first-order valence-electron chi connectivity index (χ1n) is 7.17. The monoisotopic (exact) mass is 326 g/mol.